The average Bonchev–Trinajstić information content (AvgIpc) is 2.95. The molecule has 5 nitrogen and oxygen atoms in total. The molecule has 0 saturated heterocycles. The highest BCUT2D eigenvalue weighted by Crippen LogP contribution is 2.24. The molecule has 1 atom stereocenters. The fourth-order valence-electron chi connectivity index (χ4n) is 1.77. The van der Waals surface area contributed by atoms with Gasteiger partial charge in [-0.1, -0.05) is 23.9 Å². The molecule has 1 aliphatic rings. The molecule has 0 N–H and O–H groups in total. The van der Waals surface area contributed by atoms with Gasteiger partial charge in [-0.25, -0.2) is 4.79 Å². The van der Waals surface area contributed by atoms with Crippen LogP contribution in [0.5, 0.6) is 5.75 Å². The van der Waals surface area contributed by atoms with Gasteiger partial charge in [0.15, 0.2) is 0 Å². The Balaban J connectivity index is 2.06. The topological polar surface area (TPSA) is 57.1 Å². The van der Waals surface area contributed by atoms with Crippen LogP contribution in [0.2, 0.25) is 0 Å². The van der Waals surface area contributed by atoms with E-state index in [1.807, 2.05) is 24.3 Å². The maximum Gasteiger partial charge on any atom is 0.350 e. The minimum Gasteiger partial charge on any atom is -0.497 e. The van der Waals surface area contributed by atoms with Gasteiger partial charge in [0.05, 0.1) is 19.9 Å². The summed E-state index contributed by atoms with van der Waals surface area (Å²) in [7, 11) is 2.93. The van der Waals surface area contributed by atoms with Crippen LogP contribution in [-0.4, -0.2) is 32.0 Å². The number of carbonyl (C=O) groups is 1. The second-order valence-corrected chi connectivity index (χ2v) is 4.07. The summed E-state index contributed by atoms with van der Waals surface area (Å²) in [6.45, 7) is 3.98. The standard InChI is InChI=1S/C14H15NO4/c1-9(10-4-6-11(17-2)7-5-10)12-8-13(19-15-12)14(16)18-3/h4-7,13H,1,8H2,2-3H3/t13-/m0/s1. The molecule has 1 aliphatic heterocycles. The van der Waals surface area contributed by atoms with Gasteiger partial charge in [0.2, 0.25) is 6.10 Å². The maximum atomic E-state index is 11.3. The van der Waals surface area contributed by atoms with Gasteiger partial charge in [0.1, 0.15) is 5.75 Å². The van der Waals surface area contributed by atoms with Crippen LogP contribution >= 0.6 is 0 Å². The largest absolute Gasteiger partial charge is 0.497 e. The van der Waals surface area contributed by atoms with Crippen LogP contribution in [-0.2, 0) is 14.4 Å². The molecule has 0 fully saturated rings. The zero-order valence-electron chi connectivity index (χ0n) is 10.9. The van der Waals surface area contributed by atoms with Crippen LogP contribution in [0.4, 0.5) is 0 Å². The van der Waals surface area contributed by atoms with Gasteiger partial charge in [-0.3, -0.25) is 0 Å². The number of oxime groups is 1. The Hall–Kier alpha value is -2.30. The van der Waals surface area contributed by atoms with E-state index in [-0.39, 0.29) is 0 Å². The number of methoxy groups -OCH3 is 2. The highest BCUT2D eigenvalue weighted by atomic mass is 16.7. The van der Waals surface area contributed by atoms with E-state index in [2.05, 4.69) is 16.5 Å². The van der Waals surface area contributed by atoms with Gasteiger partial charge >= 0.3 is 5.97 Å². The number of benzene rings is 1. The minimum atomic E-state index is -0.671. The molecular weight excluding hydrogens is 246 g/mol. The SMILES string of the molecule is C=C(C1=NO[C@H](C(=O)OC)C1)c1ccc(OC)cc1. The molecule has 0 aliphatic carbocycles. The van der Waals surface area contributed by atoms with Crippen molar-refractivity contribution in [3.8, 4) is 5.75 Å². The van der Waals surface area contributed by atoms with Crippen molar-refractivity contribution in [2.75, 3.05) is 14.2 Å². The maximum absolute atomic E-state index is 11.3. The molecule has 1 heterocycles. The number of ether oxygens (including phenoxy) is 2. The fraction of sp³-hybridized carbons (Fsp3) is 0.286. The molecule has 19 heavy (non-hydrogen) atoms. The average molecular weight is 261 g/mol. The lowest BCUT2D eigenvalue weighted by molar-refractivity contribution is -0.152. The fourth-order valence-corrected chi connectivity index (χ4v) is 1.77. The number of rotatable bonds is 4. The lowest BCUT2D eigenvalue weighted by Crippen LogP contribution is -2.22. The Morgan fingerprint density at radius 3 is 2.63 bits per heavy atom. The van der Waals surface area contributed by atoms with Gasteiger partial charge in [-0.15, -0.1) is 0 Å². The molecule has 0 bridgehead atoms. The van der Waals surface area contributed by atoms with Gasteiger partial charge < -0.3 is 14.3 Å². The van der Waals surface area contributed by atoms with Crippen molar-refractivity contribution in [3.05, 3.63) is 36.4 Å². The van der Waals surface area contributed by atoms with E-state index < -0.39 is 12.1 Å². The normalized spacial score (nSPS) is 17.4. The highest BCUT2D eigenvalue weighted by molar-refractivity contribution is 6.24. The van der Waals surface area contributed by atoms with E-state index in [0.717, 1.165) is 16.9 Å². The van der Waals surface area contributed by atoms with Gasteiger partial charge in [-0.05, 0) is 23.3 Å². The summed E-state index contributed by atoms with van der Waals surface area (Å²) in [5.41, 5.74) is 2.29. The van der Waals surface area contributed by atoms with Gasteiger partial charge in [0, 0.05) is 6.42 Å². The molecular formula is C14H15NO4. The first-order valence-corrected chi connectivity index (χ1v) is 5.80. The smallest absolute Gasteiger partial charge is 0.350 e. The number of allylic oxidation sites excluding steroid dienone is 1. The number of hydrogen-bond acceptors (Lipinski definition) is 5. The van der Waals surface area contributed by atoms with Crippen molar-refractivity contribution in [2.45, 2.75) is 12.5 Å². The minimum absolute atomic E-state index is 0.373. The van der Waals surface area contributed by atoms with Crippen molar-refractivity contribution in [1.82, 2.24) is 0 Å². The second-order valence-electron chi connectivity index (χ2n) is 4.07. The van der Waals surface area contributed by atoms with Crippen molar-refractivity contribution in [2.24, 2.45) is 5.16 Å². The zero-order chi connectivity index (χ0) is 13.8. The summed E-state index contributed by atoms with van der Waals surface area (Å²) < 4.78 is 9.71. The molecule has 1 aromatic rings. The Morgan fingerprint density at radius 1 is 1.37 bits per heavy atom. The molecule has 0 radical (unpaired) electrons. The van der Waals surface area contributed by atoms with Crippen LogP contribution in [0, 0.1) is 0 Å². The third-order valence-electron chi connectivity index (χ3n) is 2.92. The van der Waals surface area contributed by atoms with E-state index in [1.54, 1.807) is 7.11 Å². The summed E-state index contributed by atoms with van der Waals surface area (Å²) in [5, 5.41) is 3.89. The molecule has 0 aromatic heterocycles. The van der Waals surface area contributed by atoms with Crippen molar-refractivity contribution >= 4 is 17.3 Å². The Labute approximate surface area is 111 Å². The monoisotopic (exact) mass is 261 g/mol. The number of hydrogen-bond donors (Lipinski definition) is 0. The third kappa shape index (κ3) is 2.76. The molecule has 5 heteroatoms. The second kappa shape index (κ2) is 5.56. The lowest BCUT2D eigenvalue weighted by Gasteiger charge is -2.06. The van der Waals surface area contributed by atoms with Crippen LogP contribution in [0.3, 0.4) is 0 Å². The molecule has 0 amide bonds. The molecule has 2 rings (SSSR count). The van der Waals surface area contributed by atoms with E-state index in [0.29, 0.717) is 12.1 Å². The number of nitrogens with zero attached hydrogens (tertiary/aromatic N) is 1. The molecule has 0 unspecified atom stereocenters. The number of carbonyl (C=O) groups excluding carboxylic acids is 1. The molecule has 100 valence electrons. The van der Waals surface area contributed by atoms with Crippen LogP contribution in [0.1, 0.15) is 12.0 Å². The third-order valence-corrected chi connectivity index (χ3v) is 2.92. The van der Waals surface area contributed by atoms with Crippen LogP contribution in [0.25, 0.3) is 5.57 Å². The van der Waals surface area contributed by atoms with Gasteiger partial charge in [0.25, 0.3) is 0 Å². The first-order chi connectivity index (χ1) is 9.15. The first kappa shape index (κ1) is 13.1. The van der Waals surface area contributed by atoms with Crippen LogP contribution < -0.4 is 4.74 Å². The summed E-state index contributed by atoms with van der Waals surface area (Å²) in [6, 6.07) is 7.45. The summed E-state index contributed by atoms with van der Waals surface area (Å²) in [6.07, 6.45) is -0.299. The Kier molecular flexibility index (Phi) is 3.85. The van der Waals surface area contributed by atoms with Crippen molar-refractivity contribution < 1.29 is 19.1 Å². The van der Waals surface area contributed by atoms with Gasteiger partial charge in [-0.2, -0.15) is 0 Å². The zero-order valence-corrected chi connectivity index (χ0v) is 10.9. The molecule has 1 aromatic carbocycles. The predicted octanol–water partition coefficient (Wildman–Crippen LogP) is 2.03. The molecule has 0 spiro atoms. The van der Waals surface area contributed by atoms with E-state index >= 15 is 0 Å². The number of esters is 1. The summed E-state index contributed by atoms with van der Waals surface area (Å²) in [5.74, 6) is 0.342. The van der Waals surface area contributed by atoms with E-state index in [4.69, 9.17) is 9.57 Å². The van der Waals surface area contributed by atoms with Crippen LogP contribution in [0.15, 0.2) is 36.0 Å². The molecule has 0 saturated carbocycles. The van der Waals surface area contributed by atoms with E-state index in [9.17, 15) is 4.79 Å². The lowest BCUT2D eigenvalue weighted by atomic mass is 9.99. The highest BCUT2D eigenvalue weighted by Gasteiger charge is 2.30. The first-order valence-electron chi connectivity index (χ1n) is 5.80. The predicted molar refractivity (Wildman–Crippen MR) is 71.0 cm³/mol. The Morgan fingerprint density at radius 2 is 2.05 bits per heavy atom. The summed E-state index contributed by atoms with van der Waals surface area (Å²) in [4.78, 5) is 16.4. The van der Waals surface area contributed by atoms with Crippen molar-refractivity contribution in [1.29, 1.82) is 0 Å². The van der Waals surface area contributed by atoms with Crippen molar-refractivity contribution in [3.63, 3.8) is 0 Å². The Bertz CT molecular complexity index is 519. The van der Waals surface area contributed by atoms with E-state index in [1.165, 1.54) is 7.11 Å². The summed E-state index contributed by atoms with van der Waals surface area (Å²) >= 11 is 0. The quantitative estimate of drug-likeness (QED) is 0.778.